The summed E-state index contributed by atoms with van der Waals surface area (Å²) in [4.78, 5) is 3.74. The molecule has 0 aromatic carbocycles. The molecule has 0 amide bonds. The number of halogens is 3. The van der Waals surface area contributed by atoms with E-state index in [-0.39, 0.29) is 30.6 Å². The summed E-state index contributed by atoms with van der Waals surface area (Å²) in [6.45, 7) is 1.95. The molecule has 1 saturated heterocycles. The molecule has 0 unspecified atom stereocenters. The Labute approximate surface area is 101 Å². The smallest absolute Gasteiger partial charge is 0.144 e. The highest BCUT2D eigenvalue weighted by molar-refractivity contribution is 5.85. The fourth-order valence-corrected chi connectivity index (χ4v) is 1.83. The molecule has 1 aromatic rings. The maximum absolute atomic E-state index is 13.3. The average molecular weight is 253 g/mol. The molecule has 2 nitrogen and oxygen atoms in total. The van der Waals surface area contributed by atoms with Crippen LogP contribution < -0.4 is 5.32 Å². The minimum Gasteiger partial charge on any atom is -0.316 e. The predicted molar refractivity (Wildman–Crippen MR) is 63.5 cm³/mol. The van der Waals surface area contributed by atoms with Gasteiger partial charge in [-0.2, -0.15) is 0 Å². The van der Waals surface area contributed by atoms with Gasteiger partial charge in [0.2, 0.25) is 0 Å². The van der Waals surface area contributed by atoms with Gasteiger partial charge in [0.1, 0.15) is 5.82 Å². The van der Waals surface area contributed by atoms with Gasteiger partial charge in [-0.05, 0) is 36.9 Å². The van der Waals surface area contributed by atoms with Crippen molar-refractivity contribution < 1.29 is 4.39 Å². The number of aromatic nitrogens is 1. The average Bonchev–Trinajstić information content (AvgIpc) is 2.20. The largest absolute Gasteiger partial charge is 0.316 e. The molecular formula is C10H15Cl2FN2. The lowest BCUT2D eigenvalue weighted by Crippen LogP contribution is -2.28. The van der Waals surface area contributed by atoms with Gasteiger partial charge in [0.15, 0.2) is 0 Å². The first-order valence-corrected chi connectivity index (χ1v) is 4.68. The van der Waals surface area contributed by atoms with E-state index in [0.717, 1.165) is 31.5 Å². The van der Waals surface area contributed by atoms with Crippen LogP contribution in [0.3, 0.4) is 0 Å². The van der Waals surface area contributed by atoms with Crippen molar-refractivity contribution >= 4 is 24.8 Å². The number of hydrogen-bond acceptors (Lipinski definition) is 2. The second-order valence-corrected chi connectivity index (χ2v) is 3.44. The molecule has 1 N–H and O–H groups in total. The van der Waals surface area contributed by atoms with E-state index in [1.807, 2.05) is 0 Å². The highest BCUT2D eigenvalue weighted by atomic mass is 35.5. The van der Waals surface area contributed by atoms with Crippen molar-refractivity contribution in [3.05, 3.63) is 29.8 Å². The Morgan fingerprint density at radius 1 is 1.40 bits per heavy atom. The first-order chi connectivity index (χ1) is 6.38. The SMILES string of the molecule is Cl.Cl.Fc1cnccc1[C@@H]1CCCNC1. The zero-order valence-electron chi connectivity index (χ0n) is 8.28. The maximum atomic E-state index is 13.3. The van der Waals surface area contributed by atoms with Gasteiger partial charge in [0.05, 0.1) is 6.20 Å². The Morgan fingerprint density at radius 2 is 2.20 bits per heavy atom. The molecule has 1 aromatic heterocycles. The number of nitrogens with one attached hydrogen (secondary N) is 1. The van der Waals surface area contributed by atoms with E-state index in [1.54, 1.807) is 12.3 Å². The zero-order valence-corrected chi connectivity index (χ0v) is 9.91. The maximum Gasteiger partial charge on any atom is 0.144 e. The third-order valence-corrected chi connectivity index (χ3v) is 2.54. The van der Waals surface area contributed by atoms with Crippen LogP contribution in [0.4, 0.5) is 4.39 Å². The predicted octanol–water partition coefficient (Wildman–Crippen LogP) is 2.53. The number of pyridine rings is 1. The van der Waals surface area contributed by atoms with Gasteiger partial charge in [0, 0.05) is 12.7 Å². The lowest BCUT2D eigenvalue weighted by molar-refractivity contribution is 0.445. The van der Waals surface area contributed by atoms with Crippen LogP contribution in [0, 0.1) is 5.82 Å². The highest BCUT2D eigenvalue weighted by Gasteiger charge is 2.17. The van der Waals surface area contributed by atoms with E-state index in [2.05, 4.69) is 10.3 Å². The third-order valence-electron chi connectivity index (χ3n) is 2.54. The lowest BCUT2D eigenvalue weighted by Gasteiger charge is -2.23. The number of hydrogen-bond donors (Lipinski definition) is 1. The Bertz CT molecular complexity index is 291. The van der Waals surface area contributed by atoms with Gasteiger partial charge in [0.25, 0.3) is 0 Å². The van der Waals surface area contributed by atoms with Crippen LogP contribution in [0.25, 0.3) is 0 Å². The first kappa shape index (κ1) is 14.6. The van der Waals surface area contributed by atoms with Gasteiger partial charge in [-0.3, -0.25) is 4.98 Å². The molecule has 15 heavy (non-hydrogen) atoms. The second kappa shape index (κ2) is 6.99. The monoisotopic (exact) mass is 252 g/mol. The van der Waals surface area contributed by atoms with E-state index in [4.69, 9.17) is 0 Å². The van der Waals surface area contributed by atoms with Crippen LogP contribution in [0.5, 0.6) is 0 Å². The Balaban J connectivity index is 0.000000980. The molecule has 1 atom stereocenters. The molecule has 5 heteroatoms. The Morgan fingerprint density at radius 3 is 2.80 bits per heavy atom. The zero-order chi connectivity index (χ0) is 9.10. The molecule has 0 saturated carbocycles. The van der Waals surface area contributed by atoms with Gasteiger partial charge in [-0.1, -0.05) is 0 Å². The van der Waals surface area contributed by atoms with Crippen LogP contribution in [0.15, 0.2) is 18.5 Å². The quantitative estimate of drug-likeness (QED) is 0.831. The fraction of sp³-hybridized carbons (Fsp3) is 0.500. The Kier molecular flexibility index (Phi) is 6.81. The lowest BCUT2D eigenvalue weighted by atomic mass is 9.92. The van der Waals surface area contributed by atoms with Crippen LogP contribution >= 0.6 is 24.8 Å². The summed E-state index contributed by atoms with van der Waals surface area (Å²) in [6.07, 6.45) is 5.16. The van der Waals surface area contributed by atoms with Crippen molar-refractivity contribution in [2.75, 3.05) is 13.1 Å². The third kappa shape index (κ3) is 3.59. The molecule has 0 radical (unpaired) electrons. The Hall–Kier alpha value is -0.380. The van der Waals surface area contributed by atoms with Crippen molar-refractivity contribution in [3.8, 4) is 0 Å². The minimum atomic E-state index is -0.170. The topological polar surface area (TPSA) is 24.9 Å². The normalized spacial score (nSPS) is 19.9. The van der Waals surface area contributed by atoms with Crippen LogP contribution in [0.2, 0.25) is 0 Å². The van der Waals surface area contributed by atoms with Crippen molar-refractivity contribution in [1.82, 2.24) is 10.3 Å². The number of piperidine rings is 1. The van der Waals surface area contributed by atoms with Crippen molar-refractivity contribution in [2.24, 2.45) is 0 Å². The van der Waals surface area contributed by atoms with Gasteiger partial charge in [-0.15, -0.1) is 24.8 Å². The summed E-state index contributed by atoms with van der Waals surface area (Å²) >= 11 is 0. The first-order valence-electron chi connectivity index (χ1n) is 4.68. The van der Waals surface area contributed by atoms with E-state index in [0.29, 0.717) is 5.92 Å². The number of nitrogens with zero attached hydrogens (tertiary/aromatic N) is 1. The van der Waals surface area contributed by atoms with Gasteiger partial charge < -0.3 is 5.32 Å². The molecular weight excluding hydrogens is 238 g/mol. The molecule has 1 aliphatic heterocycles. The summed E-state index contributed by atoms with van der Waals surface area (Å²) < 4.78 is 13.3. The summed E-state index contributed by atoms with van der Waals surface area (Å²) in [5.41, 5.74) is 0.808. The highest BCUT2D eigenvalue weighted by Crippen LogP contribution is 2.24. The standard InChI is InChI=1S/C10H13FN2.2ClH/c11-10-7-13-5-3-9(10)8-2-1-4-12-6-8;;/h3,5,7-8,12H,1-2,4,6H2;2*1H/t8-;;/m1../s1. The van der Waals surface area contributed by atoms with Crippen molar-refractivity contribution in [2.45, 2.75) is 18.8 Å². The van der Waals surface area contributed by atoms with Crippen molar-refractivity contribution in [1.29, 1.82) is 0 Å². The summed E-state index contributed by atoms with van der Waals surface area (Å²) in [6, 6.07) is 1.78. The number of rotatable bonds is 1. The molecule has 1 aliphatic rings. The van der Waals surface area contributed by atoms with E-state index in [1.165, 1.54) is 6.20 Å². The fourth-order valence-electron chi connectivity index (χ4n) is 1.83. The van der Waals surface area contributed by atoms with Crippen LogP contribution in [0.1, 0.15) is 24.3 Å². The summed E-state index contributed by atoms with van der Waals surface area (Å²) in [5.74, 6) is 0.160. The summed E-state index contributed by atoms with van der Waals surface area (Å²) in [5, 5.41) is 3.27. The van der Waals surface area contributed by atoms with Crippen LogP contribution in [-0.4, -0.2) is 18.1 Å². The van der Waals surface area contributed by atoms with E-state index >= 15 is 0 Å². The van der Waals surface area contributed by atoms with E-state index < -0.39 is 0 Å². The summed E-state index contributed by atoms with van der Waals surface area (Å²) in [7, 11) is 0. The second-order valence-electron chi connectivity index (χ2n) is 3.44. The molecule has 2 heterocycles. The molecule has 0 aliphatic carbocycles. The molecule has 0 bridgehead atoms. The van der Waals surface area contributed by atoms with Gasteiger partial charge in [-0.25, -0.2) is 4.39 Å². The molecule has 2 rings (SSSR count). The van der Waals surface area contributed by atoms with E-state index in [9.17, 15) is 4.39 Å². The van der Waals surface area contributed by atoms with Crippen molar-refractivity contribution in [3.63, 3.8) is 0 Å². The molecule has 86 valence electrons. The molecule has 1 fully saturated rings. The minimum absolute atomic E-state index is 0. The van der Waals surface area contributed by atoms with Gasteiger partial charge >= 0.3 is 0 Å². The van der Waals surface area contributed by atoms with Crippen LogP contribution in [-0.2, 0) is 0 Å². The molecule has 0 spiro atoms.